The van der Waals surface area contributed by atoms with Gasteiger partial charge in [-0.15, -0.1) is 0 Å². The zero-order valence-electron chi connectivity index (χ0n) is 10.1. The summed E-state index contributed by atoms with van der Waals surface area (Å²) in [7, 11) is 0. The Kier molecular flexibility index (Phi) is 2.97. The molecule has 2 rings (SSSR count). The molecular weight excluding hydrogens is 218 g/mol. The lowest BCUT2D eigenvalue weighted by Gasteiger charge is -2.41. The van der Waals surface area contributed by atoms with Crippen molar-refractivity contribution in [2.24, 2.45) is 5.73 Å². The normalized spacial score (nSPS) is 19.0. The molecule has 92 valence electrons. The van der Waals surface area contributed by atoms with Gasteiger partial charge in [0.05, 0.1) is 18.1 Å². The van der Waals surface area contributed by atoms with E-state index in [9.17, 15) is 4.79 Å². The number of amides is 1. The van der Waals surface area contributed by atoms with Crippen LogP contribution in [0.1, 0.15) is 19.5 Å². The Morgan fingerprint density at radius 1 is 1.47 bits per heavy atom. The van der Waals surface area contributed by atoms with Gasteiger partial charge < -0.3 is 16.0 Å². The molecular formula is C11H17N5O. The van der Waals surface area contributed by atoms with Crippen molar-refractivity contribution >= 4 is 11.7 Å². The van der Waals surface area contributed by atoms with Crippen LogP contribution in [0.5, 0.6) is 0 Å². The molecule has 17 heavy (non-hydrogen) atoms. The molecule has 0 aromatic carbocycles. The van der Waals surface area contributed by atoms with Crippen LogP contribution in [-0.2, 0) is 11.3 Å². The van der Waals surface area contributed by atoms with Gasteiger partial charge >= 0.3 is 0 Å². The molecule has 2 heterocycles. The van der Waals surface area contributed by atoms with Crippen LogP contribution in [0.2, 0.25) is 0 Å². The average molecular weight is 235 g/mol. The summed E-state index contributed by atoms with van der Waals surface area (Å²) < 4.78 is 0. The standard InChI is InChI=1S/C11H17N5O/c1-11(2)10(17)13-3-4-16(11)9-7-14-8(5-12)6-15-9/h6-7H,3-5,12H2,1-2H3,(H,13,17). The number of piperazine rings is 1. The van der Waals surface area contributed by atoms with Gasteiger partial charge in [-0.05, 0) is 13.8 Å². The summed E-state index contributed by atoms with van der Waals surface area (Å²) in [4.78, 5) is 22.3. The number of nitrogens with zero attached hydrogens (tertiary/aromatic N) is 3. The maximum Gasteiger partial charge on any atom is 0.245 e. The molecule has 3 N–H and O–H groups in total. The van der Waals surface area contributed by atoms with Crippen molar-refractivity contribution in [2.75, 3.05) is 18.0 Å². The molecule has 0 atom stereocenters. The third kappa shape index (κ3) is 2.08. The molecule has 6 heteroatoms. The molecule has 6 nitrogen and oxygen atoms in total. The fraction of sp³-hybridized carbons (Fsp3) is 0.545. The first-order valence-electron chi connectivity index (χ1n) is 5.62. The number of anilines is 1. The summed E-state index contributed by atoms with van der Waals surface area (Å²) in [5, 5.41) is 2.85. The highest BCUT2D eigenvalue weighted by atomic mass is 16.2. The van der Waals surface area contributed by atoms with E-state index in [1.165, 1.54) is 0 Å². The number of hydrogen-bond donors (Lipinski definition) is 2. The number of carbonyl (C=O) groups is 1. The molecule has 0 bridgehead atoms. The van der Waals surface area contributed by atoms with Gasteiger partial charge in [0.15, 0.2) is 0 Å². The Labute approximate surface area is 100 Å². The highest BCUT2D eigenvalue weighted by Crippen LogP contribution is 2.23. The van der Waals surface area contributed by atoms with E-state index in [1.54, 1.807) is 12.4 Å². The van der Waals surface area contributed by atoms with Crippen molar-refractivity contribution in [1.82, 2.24) is 15.3 Å². The van der Waals surface area contributed by atoms with Gasteiger partial charge in [-0.3, -0.25) is 9.78 Å². The van der Waals surface area contributed by atoms with Crippen LogP contribution < -0.4 is 16.0 Å². The van der Waals surface area contributed by atoms with Crippen molar-refractivity contribution in [2.45, 2.75) is 25.9 Å². The second kappa shape index (κ2) is 4.29. The van der Waals surface area contributed by atoms with E-state index in [4.69, 9.17) is 5.73 Å². The van der Waals surface area contributed by atoms with E-state index in [-0.39, 0.29) is 5.91 Å². The predicted molar refractivity (Wildman–Crippen MR) is 64.4 cm³/mol. The van der Waals surface area contributed by atoms with Crippen LogP contribution in [-0.4, -0.2) is 34.5 Å². The first kappa shape index (κ1) is 11.8. The lowest BCUT2D eigenvalue weighted by Crippen LogP contribution is -2.62. The van der Waals surface area contributed by atoms with Gasteiger partial charge in [-0.2, -0.15) is 0 Å². The Hall–Kier alpha value is -1.69. The molecule has 1 aromatic rings. The van der Waals surface area contributed by atoms with E-state index in [0.29, 0.717) is 18.9 Å². The third-order valence-corrected chi connectivity index (χ3v) is 3.03. The van der Waals surface area contributed by atoms with Crippen LogP contribution in [0.25, 0.3) is 0 Å². The van der Waals surface area contributed by atoms with Crippen LogP contribution in [0.4, 0.5) is 5.82 Å². The molecule has 0 unspecified atom stereocenters. The minimum atomic E-state index is -0.600. The van der Waals surface area contributed by atoms with Crippen molar-refractivity contribution in [1.29, 1.82) is 0 Å². The first-order valence-corrected chi connectivity index (χ1v) is 5.62. The number of aromatic nitrogens is 2. The van der Waals surface area contributed by atoms with Crippen molar-refractivity contribution in [3.8, 4) is 0 Å². The van der Waals surface area contributed by atoms with Crippen LogP contribution >= 0.6 is 0 Å². The van der Waals surface area contributed by atoms with E-state index in [0.717, 1.165) is 12.2 Å². The van der Waals surface area contributed by atoms with E-state index in [2.05, 4.69) is 15.3 Å². The summed E-state index contributed by atoms with van der Waals surface area (Å²) in [5.74, 6) is 0.718. The van der Waals surface area contributed by atoms with Gasteiger partial charge in [0.25, 0.3) is 0 Å². The summed E-state index contributed by atoms with van der Waals surface area (Å²) in [6.45, 7) is 5.48. The lowest BCUT2D eigenvalue weighted by atomic mass is 9.99. The zero-order valence-corrected chi connectivity index (χ0v) is 10.1. The molecule has 0 saturated carbocycles. The molecule has 1 amide bonds. The zero-order chi connectivity index (χ0) is 12.5. The maximum atomic E-state index is 11.8. The van der Waals surface area contributed by atoms with Crippen molar-refractivity contribution in [3.63, 3.8) is 0 Å². The Morgan fingerprint density at radius 3 is 2.82 bits per heavy atom. The monoisotopic (exact) mass is 235 g/mol. The third-order valence-electron chi connectivity index (χ3n) is 3.03. The van der Waals surface area contributed by atoms with Crippen molar-refractivity contribution in [3.05, 3.63) is 18.1 Å². The van der Waals surface area contributed by atoms with Crippen LogP contribution in [0, 0.1) is 0 Å². The highest BCUT2D eigenvalue weighted by Gasteiger charge is 2.38. The fourth-order valence-electron chi connectivity index (χ4n) is 1.89. The van der Waals surface area contributed by atoms with Crippen LogP contribution in [0.15, 0.2) is 12.4 Å². The average Bonchev–Trinajstić information content (AvgIpc) is 2.33. The Bertz CT molecular complexity index is 414. The molecule has 1 aromatic heterocycles. The second-order valence-corrected chi connectivity index (χ2v) is 4.54. The number of nitrogens with one attached hydrogen (secondary N) is 1. The highest BCUT2D eigenvalue weighted by molar-refractivity contribution is 5.90. The molecule has 1 fully saturated rings. The molecule has 0 aliphatic carbocycles. The molecule has 1 aliphatic rings. The quantitative estimate of drug-likeness (QED) is 0.732. The van der Waals surface area contributed by atoms with Crippen molar-refractivity contribution < 1.29 is 4.79 Å². The van der Waals surface area contributed by atoms with Gasteiger partial charge in [-0.1, -0.05) is 0 Å². The maximum absolute atomic E-state index is 11.8. The molecule has 0 spiro atoms. The summed E-state index contributed by atoms with van der Waals surface area (Å²) in [6.07, 6.45) is 3.32. The summed E-state index contributed by atoms with van der Waals surface area (Å²) >= 11 is 0. The Morgan fingerprint density at radius 2 is 2.24 bits per heavy atom. The Balaban J connectivity index is 2.28. The number of nitrogens with two attached hydrogens (primary N) is 1. The van der Waals surface area contributed by atoms with Gasteiger partial charge in [-0.25, -0.2) is 4.98 Å². The van der Waals surface area contributed by atoms with E-state index >= 15 is 0 Å². The SMILES string of the molecule is CC1(C)C(=O)NCCN1c1cnc(CN)cn1. The number of carbonyl (C=O) groups excluding carboxylic acids is 1. The van der Waals surface area contributed by atoms with Crippen LogP contribution in [0.3, 0.4) is 0 Å². The van der Waals surface area contributed by atoms with E-state index < -0.39 is 5.54 Å². The van der Waals surface area contributed by atoms with Gasteiger partial charge in [0.2, 0.25) is 5.91 Å². The van der Waals surface area contributed by atoms with Gasteiger partial charge in [0, 0.05) is 19.6 Å². The molecule has 1 aliphatic heterocycles. The molecule has 0 radical (unpaired) electrons. The number of rotatable bonds is 2. The summed E-state index contributed by atoms with van der Waals surface area (Å²) in [5.41, 5.74) is 5.62. The lowest BCUT2D eigenvalue weighted by molar-refractivity contribution is -0.126. The smallest absolute Gasteiger partial charge is 0.245 e. The second-order valence-electron chi connectivity index (χ2n) is 4.54. The topological polar surface area (TPSA) is 84.1 Å². The predicted octanol–water partition coefficient (Wildman–Crippen LogP) is -0.350. The van der Waals surface area contributed by atoms with Gasteiger partial charge in [0.1, 0.15) is 11.4 Å². The minimum absolute atomic E-state index is 0.00783. The first-order chi connectivity index (χ1) is 8.05. The fourth-order valence-corrected chi connectivity index (χ4v) is 1.89. The van der Waals surface area contributed by atoms with E-state index in [1.807, 2.05) is 18.7 Å². The largest absolute Gasteiger partial charge is 0.352 e. The minimum Gasteiger partial charge on any atom is -0.352 e. The number of hydrogen-bond acceptors (Lipinski definition) is 5. The molecule has 1 saturated heterocycles. The summed E-state index contributed by atoms with van der Waals surface area (Å²) in [6, 6.07) is 0.